The fourth-order valence-corrected chi connectivity index (χ4v) is 2.30. The maximum absolute atomic E-state index is 9.44. The van der Waals surface area contributed by atoms with Crippen molar-refractivity contribution in [3.8, 4) is 0 Å². The van der Waals surface area contributed by atoms with Gasteiger partial charge in [-0.15, -0.1) is 5.10 Å². The minimum atomic E-state index is 0.0183. The van der Waals surface area contributed by atoms with Crippen molar-refractivity contribution in [3.05, 3.63) is 5.89 Å². The van der Waals surface area contributed by atoms with Crippen molar-refractivity contribution in [1.29, 1.82) is 0 Å². The van der Waals surface area contributed by atoms with E-state index in [0.29, 0.717) is 24.4 Å². The Morgan fingerprint density at radius 3 is 2.79 bits per heavy atom. The molecule has 2 N–H and O–H groups in total. The predicted molar refractivity (Wildman–Crippen MR) is 72.9 cm³/mol. The summed E-state index contributed by atoms with van der Waals surface area (Å²) in [5.74, 6) is 1.04. The molecule has 1 fully saturated rings. The van der Waals surface area contributed by atoms with Crippen molar-refractivity contribution in [1.82, 2.24) is 15.5 Å². The first kappa shape index (κ1) is 14.3. The number of aliphatic hydroxyl groups excluding tert-OH is 1. The maximum atomic E-state index is 9.44. The molecule has 2 rings (SSSR count). The van der Waals surface area contributed by atoms with Gasteiger partial charge >= 0.3 is 6.01 Å². The maximum Gasteiger partial charge on any atom is 0.318 e. The van der Waals surface area contributed by atoms with Gasteiger partial charge in [0.25, 0.3) is 0 Å². The van der Waals surface area contributed by atoms with Gasteiger partial charge in [-0.05, 0) is 33.1 Å². The Bertz CT molecular complexity index is 413. The zero-order valence-corrected chi connectivity index (χ0v) is 12.2. The number of nitrogens with zero attached hydrogens (tertiary/aromatic N) is 3. The molecule has 1 saturated heterocycles. The van der Waals surface area contributed by atoms with Crippen molar-refractivity contribution in [3.63, 3.8) is 0 Å². The van der Waals surface area contributed by atoms with E-state index in [4.69, 9.17) is 4.42 Å². The van der Waals surface area contributed by atoms with Crippen LogP contribution in [0.5, 0.6) is 0 Å². The zero-order valence-electron chi connectivity index (χ0n) is 12.2. The molecule has 1 aromatic rings. The topological polar surface area (TPSA) is 74.4 Å². The lowest BCUT2D eigenvalue weighted by Gasteiger charge is -2.22. The molecule has 0 amide bonds. The van der Waals surface area contributed by atoms with Crippen molar-refractivity contribution in [2.45, 2.75) is 52.2 Å². The number of hydrogen-bond acceptors (Lipinski definition) is 6. The first-order chi connectivity index (χ1) is 8.90. The number of hydrogen-bond donors (Lipinski definition) is 2. The van der Waals surface area contributed by atoms with Gasteiger partial charge in [0.1, 0.15) is 0 Å². The van der Waals surface area contributed by atoms with Crippen LogP contribution in [-0.4, -0.2) is 40.0 Å². The summed E-state index contributed by atoms with van der Waals surface area (Å²) in [4.78, 5) is 2.01. The first-order valence-electron chi connectivity index (χ1n) is 6.85. The number of nitrogens with one attached hydrogen (secondary N) is 1. The third kappa shape index (κ3) is 3.45. The van der Waals surface area contributed by atoms with Gasteiger partial charge in [-0.25, -0.2) is 0 Å². The standard InChI is InChI=1S/C13H24N4O2/c1-9-5-6-17(10(9)8-18)12-16-15-11(19-12)7-14-13(2,3)4/h9-10,14,18H,5-8H2,1-4H3. The fraction of sp³-hybridized carbons (Fsp3) is 0.846. The molecule has 2 unspecified atom stereocenters. The number of aromatic nitrogens is 2. The van der Waals surface area contributed by atoms with Crippen LogP contribution in [0.2, 0.25) is 0 Å². The van der Waals surface area contributed by atoms with Gasteiger partial charge in [0, 0.05) is 12.1 Å². The molecule has 0 saturated carbocycles. The van der Waals surface area contributed by atoms with Crippen LogP contribution in [0.15, 0.2) is 4.42 Å². The third-order valence-corrected chi connectivity index (χ3v) is 3.54. The molecule has 0 radical (unpaired) electrons. The van der Waals surface area contributed by atoms with Crippen molar-refractivity contribution >= 4 is 6.01 Å². The normalized spacial score (nSPS) is 24.2. The highest BCUT2D eigenvalue weighted by Gasteiger charge is 2.33. The van der Waals surface area contributed by atoms with E-state index >= 15 is 0 Å². The van der Waals surface area contributed by atoms with Crippen LogP contribution >= 0.6 is 0 Å². The van der Waals surface area contributed by atoms with E-state index in [9.17, 15) is 5.11 Å². The van der Waals surface area contributed by atoms with E-state index < -0.39 is 0 Å². The molecule has 1 aromatic heterocycles. The fourth-order valence-electron chi connectivity index (χ4n) is 2.30. The summed E-state index contributed by atoms with van der Waals surface area (Å²) in [6, 6.07) is 0.609. The molecule has 1 aliphatic heterocycles. The van der Waals surface area contributed by atoms with Crippen LogP contribution < -0.4 is 10.2 Å². The summed E-state index contributed by atoms with van der Waals surface area (Å²) in [7, 11) is 0. The van der Waals surface area contributed by atoms with Crippen LogP contribution in [0.3, 0.4) is 0 Å². The van der Waals surface area contributed by atoms with E-state index in [1.165, 1.54) is 0 Å². The Morgan fingerprint density at radius 1 is 1.42 bits per heavy atom. The van der Waals surface area contributed by atoms with Gasteiger partial charge in [-0.2, -0.15) is 0 Å². The molecule has 2 heterocycles. The highest BCUT2D eigenvalue weighted by molar-refractivity contribution is 5.29. The van der Waals surface area contributed by atoms with Crippen molar-refractivity contribution in [2.75, 3.05) is 18.1 Å². The number of rotatable bonds is 4. The van der Waals surface area contributed by atoms with Gasteiger partial charge in [0.2, 0.25) is 5.89 Å². The molecule has 1 aliphatic rings. The molecule has 0 bridgehead atoms. The lowest BCUT2D eigenvalue weighted by molar-refractivity contribution is 0.241. The monoisotopic (exact) mass is 268 g/mol. The van der Waals surface area contributed by atoms with E-state index in [1.807, 2.05) is 4.90 Å². The number of aliphatic hydroxyl groups is 1. The van der Waals surface area contributed by atoms with Gasteiger partial charge in [-0.1, -0.05) is 12.0 Å². The van der Waals surface area contributed by atoms with Gasteiger partial charge in [0.15, 0.2) is 0 Å². The Morgan fingerprint density at radius 2 is 2.16 bits per heavy atom. The average molecular weight is 268 g/mol. The minimum absolute atomic E-state index is 0.0183. The molecule has 108 valence electrons. The van der Waals surface area contributed by atoms with Crippen LogP contribution in [-0.2, 0) is 6.54 Å². The molecular formula is C13H24N4O2. The highest BCUT2D eigenvalue weighted by atomic mass is 16.4. The van der Waals surface area contributed by atoms with Crippen LogP contribution in [0.1, 0.15) is 40.0 Å². The Balaban J connectivity index is 2.01. The first-order valence-corrected chi connectivity index (χ1v) is 6.85. The van der Waals surface area contributed by atoms with Crippen molar-refractivity contribution < 1.29 is 9.52 Å². The highest BCUT2D eigenvalue weighted by Crippen LogP contribution is 2.28. The molecule has 6 nitrogen and oxygen atoms in total. The van der Waals surface area contributed by atoms with Crippen LogP contribution in [0.4, 0.5) is 6.01 Å². The smallest absolute Gasteiger partial charge is 0.318 e. The largest absolute Gasteiger partial charge is 0.407 e. The molecule has 6 heteroatoms. The predicted octanol–water partition coefficient (Wildman–Crippen LogP) is 1.16. The van der Waals surface area contributed by atoms with E-state index in [2.05, 4.69) is 43.2 Å². The summed E-state index contributed by atoms with van der Waals surface area (Å²) >= 11 is 0. The number of anilines is 1. The molecule has 0 aromatic carbocycles. The van der Waals surface area contributed by atoms with E-state index in [0.717, 1.165) is 13.0 Å². The summed E-state index contributed by atoms with van der Waals surface area (Å²) in [6.07, 6.45) is 1.04. The minimum Gasteiger partial charge on any atom is -0.407 e. The lowest BCUT2D eigenvalue weighted by Crippen LogP contribution is -2.35. The van der Waals surface area contributed by atoms with E-state index in [1.54, 1.807) is 0 Å². The Kier molecular flexibility index (Phi) is 4.10. The van der Waals surface area contributed by atoms with Crippen molar-refractivity contribution in [2.24, 2.45) is 5.92 Å². The second-order valence-electron chi connectivity index (χ2n) is 6.29. The Labute approximate surface area is 114 Å². The average Bonchev–Trinajstić information content (AvgIpc) is 2.91. The zero-order chi connectivity index (χ0) is 14.0. The van der Waals surface area contributed by atoms with E-state index in [-0.39, 0.29) is 18.2 Å². The lowest BCUT2D eigenvalue weighted by atomic mass is 10.0. The molecule has 0 spiro atoms. The van der Waals surface area contributed by atoms with Gasteiger partial charge in [-0.3, -0.25) is 0 Å². The van der Waals surface area contributed by atoms with Crippen LogP contribution in [0.25, 0.3) is 0 Å². The van der Waals surface area contributed by atoms with Crippen LogP contribution in [0, 0.1) is 5.92 Å². The second kappa shape index (κ2) is 5.46. The summed E-state index contributed by atoms with van der Waals surface area (Å²) in [5, 5.41) is 20.9. The molecule has 19 heavy (non-hydrogen) atoms. The summed E-state index contributed by atoms with van der Waals surface area (Å²) in [6.45, 7) is 9.96. The molecule has 0 aliphatic carbocycles. The molecule has 2 atom stereocenters. The molecular weight excluding hydrogens is 244 g/mol. The van der Waals surface area contributed by atoms with Gasteiger partial charge < -0.3 is 19.7 Å². The summed E-state index contributed by atoms with van der Waals surface area (Å²) in [5.41, 5.74) is 0.0183. The quantitative estimate of drug-likeness (QED) is 0.853. The van der Waals surface area contributed by atoms with Gasteiger partial charge in [0.05, 0.1) is 19.2 Å². The third-order valence-electron chi connectivity index (χ3n) is 3.54. The summed E-state index contributed by atoms with van der Waals surface area (Å²) < 4.78 is 5.67. The second-order valence-corrected chi connectivity index (χ2v) is 6.29. The Hall–Kier alpha value is -1.14. The SMILES string of the molecule is CC1CCN(c2nnc(CNC(C)(C)C)o2)C1CO.